The summed E-state index contributed by atoms with van der Waals surface area (Å²) >= 11 is 3.47. The van der Waals surface area contributed by atoms with Crippen LogP contribution in [-0.2, 0) is 4.79 Å². The van der Waals surface area contributed by atoms with Crippen molar-refractivity contribution >= 4 is 27.6 Å². The van der Waals surface area contributed by atoms with Crippen molar-refractivity contribution in [1.82, 2.24) is 0 Å². The smallest absolute Gasteiger partial charge is 0.306 e. The van der Waals surface area contributed by atoms with E-state index in [0.717, 1.165) is 23.1 Å². The molecule has 1 aromatic rings. The Bertz CT molecular complexity index is 419. The number of anilines is 1. The van der Waals surface area contributed by atoms with E-state index in [1.54, 1.807) is 0 Å². The minimum absolute atomic E-state index is 0.138. The summed E-state index contributed by atoms with van der Waals surface area (Å²) in [5.74, 6) is -0.518. The minimum Gasteiger partial charge on any atom is -0.481 e. The highest BCUT2D eigenvalue weighted by molar-refractivity contribution is 9.10. The van der Waals surface area contributed by atoms with E-state index in [2.05, 4.69) is 21.2 Å². The van der Waals surface area contributed by atoms with Gasteiger partial charge in [-0.05, 0) is 37.0 Å². The van der Waals surface area contributed by atoms with Crippen LogP contribution in [-0.4, -0.2) is 17.6 Å². The van der Waals surface area contributed by atoms with Crippen molar-refractivity contribution in [2.24, 2.45) is 11.8 Å². The molecule has 0 aliphatic heterocycles. The summed E-state index contributed by atoms with van der Waals surface area (Å²) in [6.45, 7) is 2.78. The zero-order valence-electron chi connectivity index (χ0n) is 9.03. The van der Waals surface area contributed by atoms with E-state index >= 15 is 0 Å². The van der Waals surface area contributed by atoms with Gasteiger partial charge in [-0.1, -0.05) is 22.0 Å². The van der Waals surface area contributed by atoms with Crippen molar-refractivity contribution in [1.29, 1.82) is 0 Å². The largest absolute Gasteiger partial charge is 0.481 e. The van der Waals surface area contributed by atoms with Crippen LogP contribution in [0.25, 0.3) is 0 Å². The molecule has 0 bridgehead atoms. The Kier molecular flexibility index (Phi) is 3.19. The molecule has 0 spiro atoms. The molecule has 4 heteroatoms. The molecular formula is C12H14BrNO2. The Morgan fingerprint density at radius 2 is 2.38 bits per heavy atom. The normalized spacial score (nSPS) is 22.9. The molecule has 0 heterocycles. The van der Waals surface area contributed by atoms with Gasteiger partial charge in [-0.15, -0.1) is 0 Å². The van der Waals surface area contributed by atoms with Crippen molar-refractivity contribution in [2.45, 2.75) is 13.3 Å². The highest BCUT2D eigenvalue weighted by atomic mass is 79.9. The van der Waals surface area contributed by atoms with Gasteiger partial charge in [-0.25, -0.2) is 0 Å². The Morgan fingerprint density at radius 3 is 2.94 bits per heavy atom. The van der Waals surface area contributed by atoms with Crippen molar-refractivity contribution < 1.29 is 9.90 Å². The van der Waals surface area contributed by atoms with Gasteiger partial charge in [0.1, 0.15) is 0 Å². The van der Waals surface area contributed by atoms with E-state index in [4.69, 9.17) is 5.11 Å². The molecule has 3 nitrogen and oxygen atoms in total. The molecule has 16 heavy (non-hydrogen) atoms. The second kappa shape index (κ2) is 4.45. The molecule has 0 amide bonds. The standard InChI is InChI=1S/C12H14BrNO2/c1-7-2-3-9(5-11(7)13)14-6-8-4-10(8)12(15)16/h2-3,5,8,10,14H,4,6H2,1H3,(H,15,16). The quantitative estimate of drug-likeness (QED) is 0.893. The molecular weight excluding hydrogens is 270 g/mol. The maximum Gasteiger partial charge on any atom is 0.306 e. The summed E-state index contributed by atoms with van der Waals surface area (Å²) in [6.07, 6.45) is 0.801. The Labute approximate surface area is 103 Å². The van der Waals surface area contributed by atoms with E-state index in [0.29, 0.717) is 0 Å². The molecule has 2 N–H and O–H groups in total. The zero-order valence-corrected chi connectivity index (χ0v) is 10.6. The molecule has 2 unspecified atom stereocenters. The SMILES string of the molecule is Cc1ccc(NCC2CC2C(=O)O)cc1Br. The van der Waals surface area contributed by atoms with Crippen molar-refractivity contribution in [2.75, 3.05) is 11.9 Å². The number of halogens is 1. The van der Waals surface area contributed by atoms with Gasteiger partial charge in [-0.3, -0.25) is 4.79 Å². The first kappa shape index (κ1) is 11.5. The molecule has 0 radical (unpaired) electrons. The van der Waals surface area contributed by atoms with Gasteiger partial charge >= 0.3 is 5.97 Å². The lowest BCUT2D eigenvalue weighted by atomic mass is 10.2. The number of carboxylic acids is 1. The highest BCUT2D eigenvalue weighted by Gasteiger charge is 2.42. The van der Waals surface area contributed by atoms with E-state index < -0.39 is 5.97 Å². The van der Waals surface area contributed by atoms with Crippen LogP contribution in [0.15, 0.2) is 22.7 Å². The molecule has 86 valence electrons. The second-order valence-corrected chi connectivity index (χ2v) is 5.14. The fraction of sp³-hybridized carbons (Fsp3) is 0.417. The van der Waals surface area contributed by atoms with E-state index in [-0.39, 0.29) is 11.8 Å². The van der Waals surface area contributed by atoms with Gasteiger partial charge in [0.25, 0.3) is 0 Å². The number of carbonyl (C=O) groups is 1. The second-order valence-electron chi connectivity index (χ2n) is 4.29. The van der Waals surface area contributed by atoms with Crippen molar-refractivity contribution in [3.8, 4) is 0 Å². The van der Waals surface area contributed by atoms with Crippen LogP contribution in [0.1, 0.15) is 12.0 Å². The molecule has 1 aromatic carbocycles. The van der Waals surface area contributed by atoms with Gasteiger partial charge < -0.3 is 10.4 Å². The fourth-order valence-corrected chi connectivity index (χ4v) is 2.11. The Balaban J connectivity index is 1.87. The molecule has 1 saturated carbocycles. The van der Waals surface area contributed by atoms with Crippen LogP contribution in [0.3, 0.4) is 0 Å². The van der Waals surface area contributed by atoms with Gasteiger partial charge in [0.15, 0.2) is 0 Å². The number of hydrogen-bond acceptors (Lipinski definition) is 2. The minimum atomic E-state index is -0.670. The average Bonchev–Trinajstić information content (AvgIpc) is 2.99. The van der Waals surface area contributed by atoms with Crippen LogP contribution >= 0.6 is 15.9 Å². The van der Waals surface area contributed by atoms with E-state index in [9.17, 15) is 4.79 Å². The first-order valence-corrected chi connectivity index (χ1v) is 6.10. The maximum atomic E-state index is 10.6. The summed E-state index contributed by atoms with van der Waals surface area (Å²) in [7, 11) is 0. The number of rotatable bonds is 4. The molecule has 0 aromatic heterocycles. The predicted molar refractivity (Wildman–Crippen MR) is 66.6 cm³/mol. The first-order chi connectivity index (χ1) is 7.58. The Morgan fingerprint density at radius 1 is 1.62 bits per heavy atom. The summed E-state index contributed by atoms with van der Waals surface area (Å²) in [4.78, 5) is 10.6. The predicted octanol–water partition coefficient (Wildman–Crippen LogP) is 2.89. The van der Waals surface area contributed by atoms with Gasteiger partial charge in [-0.2, -0.15) is 0 Å². The van der Waals surface area contributed by atoms with Crippen LogP contribution in [0.5, 0.6) is 0 Å². The van der Waals surface area contributed by atoms with Crippen LogP contribution in [0, 0.1) is 18.8 Å². The average molecular weight is 284 g/mol. The van der Waals surface area contributed by atoms with E-state index in [1.807, 2.05) is 25.1 Å². The first-order valence-electron chi connectivity index (χ1n) is 5.31. The van der Waals surface area contributed by atoms with Gasteiger partial charge in [0.05, 0.1) is 5.92 Å². The Hall–Kier alpha value is -1.03. The van der Waals surface area contributed by atoms with Crippen LogP contribution in [0.4, 0.5) is 5.69 Å². The number of carboxylic acid groups (broad SMARTS) is 1. The number of hydrogen-bond donors (Lipinski definition) is 2. The fourth-order valence-electron chi connectivity index (χ4n) is 1.73. The summed E-state index contributed by atoms with van der Waals surface area (Å²) < 4.78 is 1.07. The molecule has 1 fully saturated rings. The van der Waals surface area contributed by atoms with Gasteiger partial charge in [0, 0.05) is 16.7 Å². The summed E-state index contributed by atoms with van der Waals surface area (Å²) in [5, 5.41) is 12.0. The third-order valence-electron chi connectivity index (χ3n) is 2.98. The van der Waals surface area contributed by atoms with Gasteiger partial charge in [0.2, 0.25) is 0 Å². The number of aryl methyl sites for hydroxylation is 1. The number of aliphatic carboxylic acids is 1. The maximum absolute atomic E-state index is 10.6. The lowest BCUT2D eigenvalue weighted by molar-refractivity contribution is -0.138. The number of nitrogens with one attached hydrogen (secondary N) is 1. The monoisotopic (exact) mass is 283 g/mol. The summed E-state index contributed by atoms with van der Waals surface area (Å²) in [5.41, 5.74) is 2.23. The highest BCUT2D eigenvalue weighted by Crippen LogP contribution is 2.38. The molecule has 1 aliphatic carbocycles. The van der Waals surface area contributed by atoms with Crippen LogP contribution in [0.2, 0.25) is 0 Å². The van der Waals surface area contributed by atoms with E-state index in [1.165, 1.54) is 5.56 Å². The lowest BCUT2D eigenvalue weighted by Gasteiger charge is -2.07. The number of benzene rings is 1. The third kappa shape index (κ3) is 2.55. The van der Waals surface area contributed by atoms with Crippen LogP contribution < -0.4 is 5.32 Å². The molecule has 0 saturated heterocycles. The third-order valence-corrected chi connectivity index (χ3v) is 3.83. The molecule has 2 rings (SSSR count). The molecule has 1 aliphatic rings. The molecule has 2 atom stereocenters. The van der Waals surface area contributed by atoms with Crippen molar-refractivity contribution in [3.05, 3.63) is 28.2 Å². The summed E-state index contributed by atoms with van der Waals surface area (Å²) in [6, 6.07) is 6.07. The zero-order chi connectivity index (χ0) is 11.7. The van der Waals surface area contributed by atoms with Crippen molar-refractivity contribution in [3.63, 3.8) is 0 Å². The topological polar surface area (TPSA) is 49.3 Å². The lowest BCUT2D eigenvalue weighted by Crippen LogP contribution is -2.08.